The molecule has 0 saturated heterocycles. The highest BCUT2D eigenvalue weighted by Gasteiger charge is 2.19. The van der Waals surface area contributed by atoms with Gasteiger partial charge in [0.2, 0.25) is 11.2 Å². The number of hydrogen-bond donors (Lipinski definition) is 1. The first-order chi connectivity index (χ1) is 13.3. The van der Waals surface area contributed by atoms with Crippen LogP contribution in [-0.4, -0.2) is 20.6 Å². The number of nitrogens with one attached hydrogen (secondary N) is 1. The molecule has 0 spiro atoms. The molecule has 0 fully saturated rings. The van der Waals surface area contributed by atoms with Crippen molar-refractivity contribution in [2.24, 2.45) is 0 Å². The summed E-state index contributed by atoms with van der Waals surface area (Å²) in [5.41, 5.74) is -0.829. The lowest BCUT2D eigenvalue weighted by molar-refractivity contribution is -0.387. The summed E-state index contributed by atoms with van der Waals surface area (Å²) < 4.78 is 14.8. The third-order valence-electron chi connectivity index (χ3n) is 3.79. The van der Waals surface area contributed by atoms with Gasteiger partial charge in [-0.1, -0.05) is 11.6 Å². The number of carbonyl (C=O) groups excluding carboxylic acids is 1. The van der Waals surface area contributed by atoms with Gasteiger partial charge < -0.3 is 5.32 Å². The number of nitro groups is 1. The summed E-state index contributed by atoms with van der Waals surface area (Å²) in [6.45, 7) is 1.65. The Bertz CT molecular complexity index is 1150. The van der Waals surface area contributed by atoms with Crippen LogP contribution < -0.4 is 10.7 Å². The van der Waals surface area contributed by atoms with E-state index in [4.69, 9.17) is 11.6 Å². The maximum Gasteiger partial charge on any atom is 0.306 e. The number of aryl methyl sites for hydroxylation is 1. The van der Waals surface area contributed by atoms with Crippen LogP contribution in [0.3, 0.4) is 0 Å². The van der Waals surface area contributed by atoms with E-state index < -0.39 is 33.5 Å². The number of amides is 1. The number of benzene rings is 2. The second-order valence-corrected chi connectivity index (χ2v) is 6.20. The fourth-order valence-corrected chi connectivity index (χ4v) is 2.59. The van der Waals surface area contributed by atoms with Gasteiger partial charge in [0.1, 0.15) is 0 Å². The van der Waals surface area contributed by atoms with E-state index in [2.05, 4.69) is 10.4 Å². The van der Waals surface area contributed by atoms with Crippen LogP contribution in [0.1, 0.15) is 16.2 Å². The van der Waals surface area contributed by atoms with Crippen LogP contribution in [0, 0.1) is 22.9 Å². The smallest absolute Gasteiger partial charge is 0.306 e. The molecule has 0 saturated carbocycles. The maximum atomic E-state index is 13.4. The number of carbonyl (C=O) groups is 1. The van der Waals surface area contributed by atoms with E-state index in [0.29, 0.717) is 16.4 Å². The Morgan fingerprint density at radius 3 is 2.54 bits per heavy atom. The molecule has 0 aliphatic carbocycles. The SMILES string of the molecule is Cc1cc(=O)c(C(=O)Nc2ccc(F)c([N+](=O)[O-])c2)nn1-c1ccc(Cl)cc1. The second kappa shape index (κ2) is 7.57. The van der Waals surface area contributed by atoms with Crippen LogP contribution in [0.2, 0.25) is 5.02 Å². The first-order valence-electron chi connectivity index (χ1n) is 7.88. The molecule has 0 aliphatic rings. The zero-order chi connectivity index (χ0) is 20.4. The van der Waals surface area contributed by atoms with Crippen LogP contribution in [0.25, 0.3) is 5.69 Å². The minimum atomic E-state index is -1.04. The van der Waals surface area contributed by atoms with Gasteiger partial charge in [-0.2, -0.15) is 9.49 Å². The monoisotopic (exact) mass is 402 g/mol. The zero-order valence-electron chi connectivity index (χ0n) is 14.3. The Labute approximate surface area is 162 Å². The highest BCUT2D eigenvalue weighted by molar-refractivity contribution is 6.30. The van der Waals surface area contributed by atoms with Gasteiger partial charge in [-0.25, -0.2) is 4.68 Å². The van der Waals surface area contributed by atoms with E-state index >= 15 is 0 Å². The summed E-state index contributed by atoms with van der Waals surface area (Å²) in [7, 11) is 0. The van der Waals surface area contributed by atoms with Gasteiger partial charge in [0, 0.05) is 28.5 Å². The lowest BCUT2D eigenvalue weighted by Crippen LogP contribution is -2.26. The molecule has 0 unspecified atom stereocenters. The summed E-state index contributed by atoms with van der Waals surface area (Å²) >= 11 is 5.86. The Hall–Kier alpha value is -3.59. The molecule has 1 heterocycles. The summed E-state index contributed by atoms with van der Waals surface area (Å²) in [6.07, 6.45) is 0. The Balaban J connectivity index is 1.97. The molecule has 10 heteroatoms. The average molecular weight is 403 g/mol. The number of nitro benzene ring substituents is 1. The molecule has 0 atom stereocenters. The Morgan fingerprint density at radius 1 is 1.21 bits per heavy atom. The van der Waals surface area contributed by atoms with Gasteiger partial charge in [0.25, 0.3) is 5.91 Å². The van der Waals surface area contributed by atoms with Crippen molar-refractivity contribution in [2.45, 2.75) is 6.92 Å². The summed E-state index contributed by atoms with van der Waals surface area (Å²) in [5, 5.41) is 17.7. The van der Waals surface area contributed by atoms with Crippen molar-refractivity contribution in [3.05, 3.63) is 91.1 Å². The minimum absolute atomic E-state index is 0.0436. The number of rotatable bonds is 4. The maximum absolute atomic E-state index is 13.4. The molecule has 1 N–H and O–H groups in total. The van der Waals surface area contributed by atoms with Crippen molar-refractivity contribution in [1.82, 2.24) is 9.78 Å². The lowest BCUT2D eigenvalue weighted by Gasteiger charge is -2.11. The van der Waals surface area contributed by atoms with E-state index in [0.717, 1.165) is 18.2 Å². The third-order valence-corrected chi connectivity index (χ3v) is 4.05. The van der Waals surface area contributed by atoms with Crippen molar-refractivity contribution in [2.75, 3.05) is 5.32 Å². The number of nitrogens with zero attached hydrogens (tertiary/aromatic N) is 3. The molecule has 1 aromatic heterocycles. The first-order valence-corrected chi connectivity index (χ1v) is 8.26. The van der Waals surface area contributed by atoms with E-state index in [9.17, 15) is 24.1 Å². The lowest BCUT2D eigenvalue weighted by atomic mass is 10.2. The molecule has 3 aromatic rings. The summed E-state index contributed by atoms with van der Waals surface area (Å²) in [4.78, 5) is 34.6. The number of aromatic nitrogens is 2. The van der Waals surface area contributed by atoms with E-state index in [1.165, 1.54) is 10.7 Å². The molecule has 0 radical (unpaired) electrons. The predicted molar refractivity (Wildman–Crippen MR) is 101 cm³/mol. The highest BCUT2D eigenvalue weighted by Crippen LogP contribution is 2.22. The number of halogens is 2. The molecule has 28 heavy (non-hydrogen) atoms. The summed E-state index contributed by atoms with van der Waals surface area (Å²) in [6, 6.07) is 10.7. The molecular weight excluding hydrogens is 391 g/mol. The van der Waals surface area contributed by atoms with Gasteiger partial charge in [-0.15, -0.1) is 0 Å². The Morgan fingerprint density at radius 2 is 1.89 bits per heavy atom. The van der Waals surface area contributed by atoms with Crippen molar-refractivity contribution in [3.8, 4) is 5.69 Å². The van der Waals surface area contributed by atoms with Crippen molar-refractivity contribution >= 4 is 28.9 Å². The molecule has 0 aliphatic heterocycles. The molecule has 2 aromatic carbocycles. The van der Waals surface area contributed by atoms with E-state index in [-0.39, 0.29) is 5.69 Å². The van der Waals surface area contributed by atoms with Crippen LogP contribution >= 0.6 is 11.6 Å². The summed E-state index contributed by atoms with van der Waals surface area (Å²) in [5.74, 6) is -1.92. The fourth-order valence-electron chi connectivity index (χ4n) is 2.47. The van der Waals surface area contributed by atoms with Crippen molar-refractivity contribution < 1.29 is 14.1 Å². The Kier molecular flexibility index (Phi) is 5.18. The van der Waals surface area contributed by atoms with Crippen molar-refractivity contribution in [3.63, 3.8) is 0 Å². The molecule has 0 bridgehead atoms. The minimum Gasteiger partial charge on any atom is -0.320 e. The number of hydrogen-bond acceptors (Lipinski definition) is 5. The molecule has 3 rings (SSSR count). The molecule has 1 amide bonds. The van der Waals surface area contributed by atoms with Gasteiger partial charge in [-0.3, -0.25) is 19.7 Å². The molecule has 142 valence electrons. The van der Waals surface area contributed by atoms with Gasteiger partial charge in [0.05, 0.1) is 10.6 Å². The molecule has 8 nitrogen and oxygen atoms in total. The topological polar surface area (TPSA) is 107 Å². The van der Waals surface area contributed by atoms with E-state index in [1.807, 2.05) is 0 Å². The van der Waals surface area contributed by atoms with Gasteiger partial charge in [-0.05, 0) is 43.3 Å². The number of anilines is 1. The normalized spacial score (nSPS) is 10.5. The second-order valence-electron chi connectivity index (χ2n) is 5.76. The van der Waals surface area contributed by atoms with Gasteiger partial charge in [0.15, 0.2) is 5.69 Å². The highest BCUT2D eigenvalue weighted by atomic mass is 35.5. The third kappa shape index (κ3) is 3.89. The zero-order valence-corrected chi connectivity index (χ0v) is 15.1. The average Bonchev–Trinajstić information content (AvgIpc) is 2.64. The predicted octanol–water partition coefficient (Wildman–Crippen LogP) is 3.49. The van der Waals surface area contributed by atoms with Gasteiger partial charge >= 0.3 is 5.69 Å². The first kappa shape index (κ1) is 19.2. The largest absolute Gasteiger partial charge is 0.320 e. The fraction of sp³-hybridized carbons (Fsp3) is 0.0556. The van der Waals surface area contributed by atoms with Crippen LogP contribution in [0.4, 0.5) is 15.8 Å². The van der Waals surface area contributed by atoms with Crippen molar-refractivity contribution in [1.29, 1.82) is 0 Å². The molecular formula is C18H12ClFN4O4. The van der Waals surface area contributed by atoms with Crippen LogP contribution in [0.5, 0.6) is 0 Å². The quantitative estimate of drug-likeness (QED) is 0.531. The standard InChI is InChI=1S/C18H12ClFN4O4/c1-10-8-16(25)17(22-23(10)13-5-2-11(19)3-6-13)18(26)21-12-4-7-14(20)15(9-12)24(27)28/h2-9H,1H3,(H,21,26). The van der Waals surface area contributed by atoms with Crippen LogP contribution in [-0.2, 0) is 0 Å². The van der Waals surface area contributed by atoms with E-state index in [1.54, 1.807) is 31.2 Å². The van der Waals surface area contributed by atoms with Crippen LogP contribution in [0.15, 0.2) is 53.3 Å².